The number of hydrogen-bond acceptors (Lipinski definition) is 2. The Hall–Kier alpha value is -2.28. The molecule has 2 aromatic carbocycles. The molecule has 0 aliphatic heterocycles. The molecule has 1 saturated carbocycles. The molecule has 24 heavy (non-hydrogen) atoms. The predicted octanol–water partition coefficient (Wildman–Crippen LogP) is 4.08. The molecule has 2 N–H and O–H groups in total. The van der Waals surface area contributed by atoms with Crippen LogP contribution >= 0.6 is 15.9 Å². The van der Waals surface area contributed by atoms with Gasteiger partial charge in [-0.1, -0.05) is 22.0 Å². The van der Waals surface area contributed by atoms with Crippen LogP contribution in [0, 0.1) is 17.0 Å². The quantitative estimate of drug-likeness (QED) is 0.767. The summed E-state index contributed by atoms with van der Waals surface area (Å²) in [5.41, 5.74) is -1.29. The van der Waals surface area contributed by atoms with E-state index in [1.165, 1.54) is 6.07 Å². The Morgan fingerprint density at radius 2 is 1.46 bits per heavy atom. The zero-order valence-electron chi connectivity index (χ0n) is 12.4. The lowest BCUT2D eigenvalue weighted by Crippen LogP contribution is -2.36. The van der Waals surface area contributed by atoms with Crippen molar-refractivity contribution in [3.05, 3.63) is 58.6 Å². The van der Waals surface area contributed by atoms with E-state index in [4.69, 9.17) is 0 Å². The Morgan fingerprint density at radius 1 is 0.917 bits per heavy atom. The minimum Gasteiger partial charge on any atom is -0.325 e. The lowest BCUT2D eigenvalue weighted by atomic mass is 10.0. The fourth-order valence-corrected chi connectivity index (χ4v) is 2.58. The van der Waals surface area contributed by atoms with Crippen LogP contribution in [0.3, 0.4) is 0 Å². The van der Waals surface area contributed by atoms with Crippen LogP contribution < -0.4 is 10.6 Å². The lowest BCUT2D eigenvalue weighted by Gasteiger charge is -2.16. The minimum absolute atomic E-state index is 0.331. The number of carbonyl (C=O) groups is 2. The molecule has 0 bridgehead atoms. The molecule has 1 aliphatic carbocycles. The average molecular weight is 395 g/mol. The summed E-state index contributed by atoms with van der Waals surface area (Å²) in [4.78, 5) is 24.8. The molecule has 1 aliphatic rings. The van der Waals surface area contributed by atoms with Crippen LogP contribution in [0.15, 0.2) is 46.9 Å². The van der Waals surface area contributed by atoms with Gasteiger partial charge in [0.25, 0.3) is 0 Å². The first-order valence-corrected chi connectivity index (χ1v) is 8.04. The van der Waals surface area contributed by atoms with Crippen LogP contribution in [0.4, 0.5) is 20.2 Å². The fraction of sp³-hybridized carbons (Fsp3) is 0.176. The van der Waals surface area contributed by atoms with Gasteiger partial charge in [-0.15, -0.1) is 0 Å². The molecule has 3 rings (SSSR count). The summed E-state index contributed by atoms with van der Waals surface area (Å²) in [6.45, 7) is 0. The molecule has 2 aromatic rings. The first kappa shape index (κ1) is 16.6. The van der Waals surface area contributed by atoms with Crippen LogP contribution in [0.1, 0.15) is 12.8 Å². The van der Waals surface area contributed by atoms with Crippen molar-refractivity contribution in [1.29, 1.82) is 0 Å². The van der Waals surface area contributed by atoms with E-state index in [0.29, 0.717) is 18.5 Å². The molecule has 7 heteroatoms. The van der Waals surface area contributed by atoms with E-state index in [2.05, 4.69) is 26.6 Å². The highest BCUT2D eigenvalue weighted by atomic mass is 79.9. The highest BCUT2D eigenvalue weighted by Crippen LogP contribution is 2.47. The van der Waals surface area contributed by atoms with Gasteiger partial charge in [-0.05, 0) is 49.2 Å². The van der Waals surface area contributed by atoms with Crippen LogP contribution in [-0.2, 0) is 9.59 Å². The highest BCUT2D eigenvalue weighted by molar-refractivity contribution is 9.10. The Labute approximate surface area is 145 Å². The molecule has 2 amide bonds. The van der Waals surface area contributed by atoms with E-state index in [1.807, 2.05) is 0 Å². The van der Waals surface area contributed by atoms with E-state index < -0.39 is 34.6 Å². The van der Waals surface area contributed by atoms with Gasteiger partial charge < -0.3 is 10.6 Å². The summed E-state index contributed by atoms with van der Waals surface area (Å²) in [5.74, 6) is -2.96. The van der Waals surface area contributed by atoms with Gasteiger partial charge in [-0.2, -0.15) is 0 Å². The third-order valence-corrected chi connectivity index (χ3v) is 4.45. The van der Waals surface area contributed by atoms with Gasteiger partial charge in [-0.3, -0.25) is 9.59 Å². The van der Waals surface area contributed by atoms with Crippen LogP contribution in [0.25, 0.3) is 0 Å². The number of halogens is 3. The molecule has 0 radical (unpaired) electrons. The number of rotatable bonds is 4. The van der Waals surface area contributed by atoms with Crippen LogP contribution in [0.2, 0.25) is 0 Å². The molecule has 0 atom stereocenters. The first-order valence-electron chi connectivity index (χ1n) is 7.25. The number of anilines is 2. The maximum Gasteiger partial charge on any atom is 0.240 e. The molecular weight excluding hydrogens is 382 g/mol. The van der Waals surface area contributed by atoms with Crippen LogP contribution in [0.5, 0.6) is 0 Å². The number of hydrogen-bond donors (Lipinski definition) is 2. The number of para-hydroxylation sites is 1. The second-order valence-corrected chi connectivity index (χ2v) is 6.51. The van der Waals surface area contributed by atoms with Crippen molar-refractivity contribution >= 4 is 39.1 Å². The second kappa shape index (κ2) is 6.32. The molecule has 0 saturated heterocycles. The zero-order chi connectivity index (χ0) is 17.3. The van der Waals surface area contributed by atoms with E-state index in [-0.39, 0.29) is 0 Å². The van der Waals surface area contributed by atoms with Gasteiger partial charge >= 0.3 is 0 Å². The Balaban J connectivity index is 1.74. The average Bonchev–Trinajstić information content (AvgIpc) is 3.35. The number of carbonyl (C=O) groups excluding carboxylic acids is 2. The van der Waals surface area contributed by atoms with Crippen molar-refractivity contribution in [2.45, 2.75) is 12.8 Å². The summed E-state index contributed by atoms with van der Waals surface area (Å²) in [6.07, 6.45) is 0.661. The minimum atomic E-state index is -1.29. The van der Waals surface area contributed by atoms with Crippen LogP contribution in [-0.4, -0.2) is 11.8 Å². The molecule has 1 fully saturated rings. The molecule has 124 valence electrons. The summed E-state index contributed by atoms with van der Waals surface area (Å²) >= 11 is 3.29. The van der Waals surface area contributed by atoms with Crippen molar-refractivity contribution in [3.8, 4) is 0 Å². The molecule has 0 heterocycles. The summed E-state index contributed by atoms with van der Waals surface area (Å²) in [6, 6.07) is 10.2. The molecule has 0 aromatic heterocycles. The first-order chi connectivity index (χ1) is 11.4. The number of nitrogens with one attached hydrogen (secondary N) is 2. The molecule has 4 nitrogen and oxygen atoms in total. The third kappa shape index (κ3) is 3.17. The lowest BCUT2D eigenvalue weighted by molar-refractivity contribution is -0.131. The van der Waals surface area contributed by atoms with Crippen molar-refractivity contribution < 1.29 is 18.4 Å². The largest absolute Gasteiger partial charge is 0.325 e. The van der Waals surface area contributed by atoms with Gasteiger partial charge in [0.2, 0.25) is 11.8 Å². The monoisotopic (exact) mass is 394 g/mol. The SMILES string of the molecule is O=C(Nc1ccc(Br)cc1)C1(C(=O)Nc2c(F)cccc2F)CC1. The Morgan fingerprint density at radius 3 is 2.00 bits per heavy atom. The van der Waals surface area contributed by atoms with Gasteiger partial charge in [0, 0.05) is 10.2 Å². The third-order valence-electron chi connectivity index (χ3n) is 3.92. The standard InChI is InChI=1S/C17H13BrF2N2O2/c18-10-4-6-11(7-5-10)21-15(23)17(8-9-17)16(24)22-14-12(19)2-1-3-13(14)20/h1-7H,8-9H2,(H,21,23)(H,22,24). The van der Waals surface area contributed by atoms with E-state index >= 15 is 0 Å². The summed E-state index contributed by atoms with van der Waals surface area (Å²) < 4.78 is 28.1. The van der Waals surface area contributed by atoms with Gasteiger partial charge in [0.1, 0.15) is 22.7 Å². The topological polar surface area (TPSA) is 58.2 Å². The number of benzene rings is 2. The fourth-order valence-electron chi connectivity index (χ4n) is 2.32. The van der Waals surface area contributed by atoms with Crippen molar-refractivity contribution in [2.75, 3.05) is 10.6 Å². The number of amides is 2. The Kier molecular flexibility index (Phi) is 4.36. The van der Waals surface area contributed by atoms with Crippen molar-refractivity contribution in [2.24, 2.45) is 5.41 Å². The van der Waals surface area contributed by atoms with Crippen molar-refractivity contribution in [3.63, 3.8) is 0 Å². The predicted molar refractivity (Wildman–Crippen MR) is 89.4 cm³/mol. The maximum absolute atomic E-state index is 13.6. The summed E-state index contributed by atoms with van der Waals surface area (Å²) in [5, 5.41) is 4.86. The molecule has 0 unspecified atom stereocenters. The molecular formula is C17H13BrF2N2O2. The van der Waals surface area contributed by atoms with Gasteiger partial charge in [0.05, 0.1) is 0 Å². The molecule has 0 spiro atoms. The summed E-state index contributed by atoms with van der Waals surface area (Å²) in [7, 11) is 0. The van der Waals surface area contributed by atoms with Gasteiger partial charge in [0.15, 0.2) is 0 Å². The van der Waals surface area contributed by atoms with Gasteiger partial charge in [-0.25, -0.2) is 8.78 Å². The Bertz CT molecular complexity index is 784. The normalized spacial score (nSPS) is 14.8. The highest BCUT2D eigenvalue weighted by Gasteiger charge is 2.56. The zero-order valence-corrected chi connectivity index (χ0v) is 14.0. The second-order valence-electron chi connectivity index (χ2n) is 5.59. The van der Waals surface area contributed by atoms with E-state index in [0.717, 1.165) is 16.6 Å². The maximum atomic E-state index is 13.6. The smallest absolute Gasteiger partial charge is 0.240 e. The van der Waals surface area contributed by atoms with Crippen molar-refractivity contribution in [1.82, 2.24) is 0 Å². The van der Waals surface area contributed by atoms with E-state index in [1.54, 1.807) is 24.3 Å². The van der Waals surface area contributed by atoms with E-state index in [9.17, 15) is 18.4 Å².